The fourth-order valence-corrected chi connectivity index (χ4v) is 4.34. The number of fused-ring (bicyclic) bond motifs is 1. The highest BCUT2D eigenvalue weighted by Crippen LogP contribution is 2.30. The molecule has 166 valence electrons. The number of amides is 1. The number of halogens is 1. The van der Waals surface area contributed by atoms with Gasteiger partial charge in [0.25, 0.3) is 5.91 Å². The first-order valence-electron chi connectivity index (χ1n) is 11.0. The highest BCUT2D eigenvalue weighted by molar-refractivity contribution is 6.07. The molecule has 0 bridgehead atoms. The van der Waals surface area contributed by atoms with Gasteiger partial charge in [0, 0.05) is 37.1 Å². The molecule has 1 fully saturated rings. The van der Waals surface area contributed by atoms with E-state index in [4.69, 9.17) is 4.74 Å². The number of ether oxygens (including phenoxy) is 1. The maximum absolute atomic E-state index is 14.1. The number of methoxy groups -OCH3 is 1. The van der Waals surface area contributed by atoms with E-state index < -0.39 is 0 Å². The molecule has 1 aliphatic heterocycles. The fraction of sp³-hybridized carbons (Fsp3) is 0.185. The summed E-state index contributed by atoms with van der Waals surface area (Å²) in [7, 11) is 1.66. The van der Waals surface area contributed by atoms with Gasteiger partial charge >= 0.3 is 0 Å². The maximum Gasteiger partial charge on any atom is 0.254 e. The number of piperazine rings is 1. The van der Waals surface area contributed by atoms with E-state index in [1.54, 1.807) is 19.2 Å². The second-order valence-corrected chi connectivity index (χ2v) is 8.03. The average Bonchev–Trinajstić information content (AvgIpc) is 2.88. The number of para-hydroxylation sites is 2. The lowest BCUT2D eigenvalue weighted by atomic mass is 10.0. The quantitative estimate of drug-likeness (QED) is 0.447. The van der Waals surface area contributed by atoms with Crippen LogP contribution in [0.4, 0.5) is 10.1 Å². The first kappa shape index (κ1) is 20.9. The second-order valence-electron chi connectivity index (χ2n) is 8.03. The number of nitrogens with zero attached hydrogens (tertiary/aromatic N) is 3. The van der Waals surface area contributed by atoms with E-state index in [1.165, 1.54) is 12.1 Å². The van der Waals surface area contributed by atoms with E-state index >= 15 is 0 Å². The first-order valence-corrected chi connectivity index (χ1v) is 11.0. The van der Waals surface area contributed by atoms with Crippen LogP contribution in [-0.2, 0) is 0 Å². The molecule has 0 N–H and O–H groups in total. The topological polar surface area (TPSA) is 45.7 Å². The summed E-state index contributed by atoms with van der Waals surface area (Å²) >= 11 is 0. The summed E-state index contributed by atoms with van der Waals surface area (Å²) in [6, 6.07) is 23.8. The van der Waals surface area contributed by atoms with Gasteiger partial charge in [-0.25, -0.2) is 9.37 Å². The van der Waals surface area contributed by atoms with Crippen molar-refractivity contribution < 1.29 is 13.9 Å². The molecule has 0 aliphatic carbocycles. The summed E-state index contributed by atoms with van der Waals surface area (Å²) in [5.74, 6) is 0.331. The van der Waals surface area contributed by atoms with Crippen LogP contribution in [0, 0.1) is 5.82 Å². The molecular weight excluding hydrogens is 417 g/mol. The Kier molecular flexibility index (Phi) is 5.65. The molecule has 1 amide bonds. The number of carbonyl (C=O) groups is 1. The Morgan fingerprint density at radius 2 is 1.64 bits per heavy atom. The minimum Gasteiger partial charge on any atom is -0.495 e. The van der Waals surface area contributed by atoms with E-state index in [2.05, 4.69) is 9.88 Å². The number of aromatic nitrogens is 1. The third-order valence-electron chi connectivity index (χ3n) is 6.06. The summed E-state index contributed by atoms with van der Waals surface area (Å²) in [5.41, 5.74) is 3.72. The first-order chi connectivity index (χ1) is 16.1. The summed E-state index contributed by atoms with van der Waals surface area (Å²) in [6.45, 7) is 2.51. The molecule has 0 saturated carbocycles. The molecule has 0 unspecified atom stereocenters. The van der Waals surface area contributed by atoms with Gasteiger partial charge in [0.1, 0.15) is 11.6 Å². The van der Waals surface area contributed by atoms with Gasteiger partial charge in [-0.1, -0.05) is 42.5 Å². The summed E-state index contributed by atoms with van der Waals surface area (Å²) in [6.07, 6.45) is 0. The summed E-state index contributed by atoms with van der Waals surface area (Å²) < 4.78 is 19.6. The third kappa shape index (κ3) is 4.12. The normalized spacial score (nSPS) is 13.9. The van der Waals surface area contributed by atoms with E-state index in [-0.39, 0.29) is 11.7 Å². The van der Waals surface area contributed by atoms with Crippen molar-refractivity contribution in [3.05, 3.63) is 90.2 Å². The van der Waals surface area contributed by atoms with Crippen molar-refractivity contribution in [2.24, 2.45) is 0 Å². The van der Waals surface area contributed by atoms with Crippen LogP contribution in [0.3, 0.4) is 0 Å². The van der Waals surface area contributed by atoms with Gasteiger partial charge in [-0.15, -0.1) is 0 Å². The molecule has 0 radical (unpaired) electrons. The van der Waals surface area contributed by atoms with Gasteiger partial charge in [-0.2, -0.15) is 0 Å². The Labute approximate surface area is 192 Å². The zero-order valence-electron chi connectivity index (χ0n) is 18.4. The Bertz CT molecular complexity index is 1300. The molecule has 0 spiro atoms. The van der Waals surface area contributed by atoms with Crippen LogP contribution in [0.5, 0.6) is 5.75 Å². The second kappa shape index (κ2) is 8.90. The molecule has 3 aromatic carbocycles. The standard InChI is InChI=1S/C27H24FN3O2/c1-33-26-10-6-5-9-25(26)30-13-15-31(16-14-30)27(32)22-18-24(19-7-3-2-4-8-19)29-23-12-11-20(28)17-21(22)23/h2-12,17-18H,13-16H2,1H3. The molecule has 2 heterocycles. The largest absolute Gasteiger partial charge is 0.495 e. The van der Waals surface area contributed by atoms with Crippen LogP contribution < -0.4 is 9.64 Å². The summed E-state index contributed by atoms with van der Waals surface area (Å²) in [5, 5.41) is 0.534. The molecule has 5 nitrogen and oxygen atoms in total. The number of carbonyl (C=O) groups excluding carboxylic acids is 1. The van der Waals surface area contributed by atoms with Crippen LogP contribution in [0.25, 0.3) is 22.2 Å². The highest BCUT2D eigenvalue weighted by atomic mass is 19.1. The van der Waals surface area contributed by atoms with Crippen molar-refractivity contribution in [2.45, 2.75) is 0 Å². The van der Waals surface area contributed by atoms with Crippen molar-refractivity contribution in [2.75, 3.05) is 38.2 Å². The molecule has 5 rings (SSSR count). The molecular formula is C27H24FN3O2. The predicted octanol–water partition coefficient (Wildman–Crippen LogP) is 5.01. The minimum absolute atomic E-state index is 0.107. The maximum atomic E-state index is 14.1. The summed E-state index contributed by atoms with van der Waals surface area (Å²) in [4.78, 5) is 22.4. The molecule has 1 aromatic heterocycles. The van der Waals surface area contributed by atoms with Crippen LogP contribution in [0.2, 0.25) is 0 Å². The average molecular weight is 442 g/mol. The van der Waals surface area contributed by atoms with Gasteiger partial charge in [0.2, 0.25) is 0 Å². The van der Waals surface area contributed by atoms with Gasteiger partial charge in [0.05, 0.1) is 29.6 Å². The van der Waals surface area contributed by atoms with Crippen molar-refractivity contribution >= 4 is 22.5 Å². The Morgan fingerprint density at radius 1 is 0.909 bits per heavy atom. The van der Waals surface area contributed by atoms with Crippen molar-refractivity contribution in [3.63, 3.8) is 0 Å². The smallest absolute Gasteiger partial charge is 0.254 e. The SMILES string of the molecule is COc1ccccc1N1CCN(C(=O)c2cc(-c3ccccc3)nc3ccc(F)cc23)CC1. The van der Waals surface area contributed by atoms with Crippen LogP contribution >= 0.6 is 0 Å². The van der Waals surface area contributed by atoms with E-state index in [0.29, 0.717) is 48.3 Å². The van der Waals surface area contributed by atoms with E-state index in [9.17, 15) is 9.18 Å². The molecule has 1 aliphatic rings. The monoisotopic (exact) mass is 441 g/mol. The predicted molar refractivity (Wildman–Crippen MR) is 128 cm³/mol. The zero-order valence-corrected chi connectivity index (χ0v) is 18.4. The van der Waals surface area contributed by atoms with Gasteiger partial charge in [-0.05, 0) is 36.4 Å². The lowest BCUT2D eigenvalue weighted by molar-refractivity contribution is 0.0748. The van der Waals surface area contributed by atoms with Crippen molar-refractivity contribution in [3.8, 4) is 17.0 Å². The number of anilines is 1. The Hall–Kier alpha value is -3.93. The molecule has 33 heavy (non-hydrogen) atoms. The van der Waals surface area contributed by atoms with Crippen molar-refractivity contribution in [1.29, 1.82) is 0 Å². The Balaban J connectivity index is 1.45. The lowest BCUT2D eigenvalue weighted by Gasteiger charge is -2.36. The van der Waals surface area contributed by atoms with E-state index in [0.717, 1.165) is 17.0 Å². The number of rotatable bonds is 4. The number of pyridine rings is 1. The van der Waals surface area contributed by atoms with Crippen LogP contribution in [-0.4, -0.2) is 49.1 Å². The number of hydrogen-bond donors (Lipinski definition) is 0. The molecule has 1 saturated heterocycles. The van der Waals surface area contributed by atoms with Crippen molar-refractivity contribution in [1.82, 2.24) is 9.88 Å². The van der Waals surface area contributed by atoms with Gasteiger partial charge in [-0.3, -0.25) is 4.79 Å². The Morgan fingerprint density at radius 3 is 2.39 bits per heavy atom. The van der Waals surface area contributed by atoms with Crippen LogP contribution in [0.15, 0.2) is 78.9 Å². The lowest BCUT2D eigenvalue weighted by Crippen LogP contribution is -2.49. The van der Waals surface area contributed by atoms with Crippen LogP contribution in [0.1, 0.15) is 10.4 Å². The third-order valence-corrected chi connectivity index (χ3v) is 6.06. The van der Waals surface area contributed by atoms with Gasteiger partial charge < -0.3 is 14.5 Å². The molecule has 4 aromatic rings. The fourth-order valence-electron chi connectivity index (χ4n) is 4.34. The number of hydrogen-bond acceptors (Lipinski definition) is 4. The molecule has 6 heteroatoms. The zero-order chi connectivity index (χ0) is 22.8. The number of benzene rings is 3. The minimum atomic E-state index is -0.383. The highest BCUT2D eigenvalue weighted by Gasteiger charge is 2.25. The molecule has 0 atom stereocenters. The van der Waals surface area contributed by atoms with Gasteiger partial charge in [0.15, 0.2) is 0 Å². The van der Waals surface area contributed by atoms with E-state index in [1.807, 2.05) is 59.5 Å².